The molecule has 2 aliphatic rings. The van der Waals surface area contributed by atoms with Crippen LogP contribution in [0.2, 0.25) is 5.02 Å². The van der Waals surface area contributed by atoms with Gasteiger partial charge in [-0.3, -0.25) is 0 Å². The van der Waals surface area contributed by atoms with Crippen molar-refractivity contribution in [2.75, 3.05) is 20.0 Å². The van der Waals surface area contributed by atoms with Crippen molar-refractivity contribution < 1.29 is 28.5 Å². The van der Waals surface area contributed by atoms with Crippen LogP contribution in [0.25, 0.3) is 0 Å². The molecule has 1 unspecified atom stereocenters. The van der Waals surface area contributed by atoms with Crippen molar-refractivity contribution >= 4 is 17.6 Å². The molecule has 6 nitrogen and oxygen atoms in total. The summed E-state index contributed by atoms with van der Waals surface area (Å²) in [5.74, 6) is 1.35. The fraction of sp³-hybridized carbons (Fsp3) is 0.350. The Bertz CT molecular complexity index is 814. The molecule has 1 fully saturated rings. The molecular formula is C20H19ClO6. The lowest BCUT2D eigenvalue weighted by molar-refractivity contribution is 0.0472. The molecule has 7 heteroatoms. The average molecular weight is 391 g/mol. The van der Waals surface area contributed by atoms with Crippen LogP contribution in [-0.2, 0) is 16.1 Å². The molecule has 1 saturated heterocycles. The number of carbonyl (C=O) groups excluding carboxylic acids is 1. The molecule has 142 valence electrons. The average Bonchev–Trinajstić information content (AvgIpc) is 3.37. The molecular weight excluding hydrogens is 372 g/mol. The molecule has 0 N–H and O–H groups in total. The molecule has 2 heterocycles. The van der Waals surface area contributed by atoms with Gasteiger partial charge >= 0.3 is 5.97 Å². The molecule has 0 bridgehead atoms. The number of benzene rings is 2. The third-order valence-electron chi connectivity index (χ3n) is 4.41. The van der Waals surface area contributed by atoms with Gasteiger partial charge in [-0.2, -0.15) is 0 Å². The van der Waals surface area contributed by atoms with Crippen LogP contribution in [-0.4, -0.2) is 32.1 Å². The summed E-state index contributed by atoms with van der Waals surface area (Å²) in [5.41, 5.74) is 1.18. The van der Waals surface area contributed by atoms with Crippen molar-refractivity contribution in [2.45, 2.75) is 25.6 Å². The molecule has 2 aliphatic heterocycles. The Morgan fingerprint density at radius 1 is 1.19 bits per heavy atom. The number of esters is 1. The van der Waals surface area contributed by atoms with Gasteiger partial charge in [-0.1, -0.05) is 11.6 Å². The maximum absolute atomic E-state index is 12.2. The van der Waals surface area contributed by atoms with E-state index in [0.29, 0.717) is 34.4 Å². The fourth-order valence-electron chi connectivity index (χ4n) is 2.99. The predicted octanol–water partition coefficient (Wildman–Crippen LogP) is 3.98. The first kappa shape index (κ1) is 17.9. The number of halogens is 1. The maximum Gasteiger partial charge on any atom is 0.338 e. The first-order chi connectivity index (χ1) is 13.2. The smallest absolute Gasteiger partial charge is 0.338 e. The van der Waals surface area contributed by atoms with Gasteiger partial charge in [-0.15, -0.1) is 0 Å². The summed E-state index contributed by atoms with van der Waals surface area (Å²) < 4.78 is 27.1. The van der Waals surface area contributed by atoms with Crippen molar-refractivity contribution in [1.82, 2.24) is 0 Å². The van der Waals surface area contributed by atoms with Crippen LogP contribution in [0.5, 0.6) is 17.2 Å². The van der Waals surface area contributed by atoms with Crippen molar-refractivity contribution in [3.63, 3.8) is 0 Å². The lowest BCUT2D eigenvalue weighted by Crippen LogP contribution is -2.16. The molecule has 0 saturated carbocycles. The number of fused-ring (bicyclic) bond motifs is 1. The number of rotatable bonds is 6. The summed E-state index contributed by atoms with van der Waals surface area (Å²) in [6.07, 6.45) is 2.25. The van der Waals surface area contributed by atoms with Crippen LogP contribution >= 0.6 is 11.6 Å². The standard InChI is InChI=1S/C20H19ClO6/c21-17-8-13(9-18-19(17)27-12-26-18)10-25-20(22)14-3-5-15(6-4-14)24-11-16-2-1-7-23-16/h3-6,8-9,16H,1-2,7,10-12H2. The molecule has 4 rings (SSSR count). The molecule has 27 heavy (non-hydrogen) atoms. The Morgan fingerprint density at radius 3 is 2.81 bits per heavy atom. The topological polar surface area (TPSA) is 63.2 Å². The summed E-state index contributed by atoms with van der Waals surface area (Å²) in [6.45, 7) is 1.55. The van der Waals surface area contributed by atoms with Crippen LogP contribution in [0.3, 0.4) is 0 Å². The molecule has 0 spiro atoms. The van der Waals surface area contributed by atoms with Crippen LogP contribution in [0.15, 0.2) is 36.4 Å². The van der Waals surface area contributed by atoms with Crippen LogP contribution in [0.1, 0.15) is 28.8 Å². The fourth-order valence-corrected chi connectivity index (χ4v) is 3.28. The highest BCUT2D eigenvalue weighted by Gasteiger charge is 2.19. The molecule has 0 aromatic heterocycles. The second-order valence-electron chi connectivity index (χ2n) is 6.36. The van der Waals surface area contributed by atoms with Gasteiger partial charge in [0.1, 0.15) is 19.0 Å². The summed E-state index contributed by atoms with van der Waals surface area (Å²) in [5, 5.41) is 0.434. The summed E-state index contributed by atoms with van der Waals surface area (Å²) >= 11 is 6.13. The van der Waals surface area contributed by atoms with Crippen molar-refractivity contribution in [2.24, 2.45) is 0 Å². The highest BCUT2D eigenvalue weighted by Crippen LogP contribution is 2.39. The van der Waals surface area contributed by atoms with Crippen molar-refractivity contribution in [1.29, 1.82) is 0 Å². The van der Waals surface area contributed by atoms with Crippen LogP contribution in [0, 0.1) is 0 Å². The van der Waals surface area contributed by atoms with E-state index in [0.717, 1.165) is 25.0 Å². The molecule has 0 aliphatic carbocycles. The van der Waals surface area contributed by atoms with E-state index in [1.807, 2.05) is 0 Å². The highest BCUT2D eigenvalue weighted by atomic mass is 35.5. The predicted molar refractivity (Wildman–Crippen MR) is 97.6 cm³/mol. The van der Waals surface area contributed by atoms with E-state index in [1.165, 1.54) is 0 Å². The Hall–Kier alpha value is -2.44. The summed E-state index contributed by atoms with van der Waals surface area (Å²) in [6, 6.07) is 10.3. The minimum atomic E-state index is -0.422. The molecule has 2 aromatic rings. The summed E-state index contributed by atoms with van der Waals surface area (Å²) in [4.78, 5) is 12.2. The zero-order chi connectivity index (χ0) is 18.6. The first-order valence-corrected chi connectivity index (χ1v) is 9.16. The Kier molecular flexibility index (Phi) is 5.36. The minimum Gasteiger partial charge on any atom is -0.491 e. The SMILES string of the molecule is O=C(OCc1cc(Cl)c2c(c1)OCO2)c1ccc(OCC2CCCO2)cc1. The zero-order valence-electron chi connectivity index (χ0n) is 14.6. The number of ether oxygens (including phenoxy) is 5. The van der Waals surface area contributed by atoms with E-state index >= 15 is 0 Å². The van der Waals surface area contributed by atoms with Crippen molar-refractivity contribution in [3.05, 3.63) is 52.5 Å². The van der Waals surface area contributed by atoms with Gasteiger partial charge in [-0.25, -0.2) is 4.79 Å². The van der Waals surface area contributed by atoms with Gasteiger partial charge in [-0.05, 0) is 54.8 Å². The van der Waals surface area contributed by atoms with E-state index in [-0.39, 0.29) is 19.5 Å². The number of carbonyl (C=O) groups is 1. The van der Waals surface area contributed by atoms with E-state index in [9.17, 15) is 4.79 Å². The van der Waals surface area contributed by atoms with E-state index in [4.69, 9.17) is 35.3 Å². The largest absolute Gasteiger partial charge is 0.491 e. The summed E-state index contributed by atoms with van der Waals surface area (Å²) in [7, 11) is 0. The Balaban J connectivity index is 1.31. The monoisotopic (exact) mass is 390 g/mol. The normalized spacial score (nSPS) is 17.7. The third kappa shape index (κ3) is 4.28. The Labute approximate surface area is 161 Å². The number of hydrogen-bond donors (Lipinski definition) is 0. The maximum atomic E-state index is 12.2. The Morgan fingerprint density at radius 2 is 2.04 bits per heavy atom. The van der Waals surface area contributed by atoms with E-state index < -0.39 is 5.97 Å². The van der Waals surface area contributed by atoms with E-state index in [1.54, 1.807) is 36.4 Å². The van der Waals surface area contributed by atoms with Gasteiger partial charge in [0.2, 0.25) is 6.79 Å². The third-order valence-corrected chi connectivity index (χ3v) is 4.69. The zero-order valence-corrected chi connectivity index (χ0v) is 15.4. The van der Waals surface area contributed by atoms with Gasteiger partial charge in [0, 0.05) is 6.61 Å². The number of hydrogen-bond acceptors (Lipinski definition) is 6. The molecule has 0 amide bonds. The molecule has 0 radical (unpaired) electrons. The van der Waals surface area contributed by atoms with E-state index in [2.05, 4.69) is 0 Å². The van der Waals surface area contributed by atoms with Gasteiger partial charge in [0.05, 0.1) is 16.7 Å². The second-order valence-corrected chi connectivity index (χ2v) is 6.77. The lowest BCUT2D eigenvalue weighted by Gasteiger charge is -2.11. The second kappa shape index (κ2) is 8.06. The van der Waals surface area contributed by atoms with Crippen LogP contribution < -0.4 is 14.2 Å². The van der Waals surface area contributed by atoms with Gasteiger partial charge in [0.25, 0.3) is 0 Å². The molecule has 1 atom stereocenters. The molecule has 2 aromatic carbocycles. The first-order valence-electron chi connectivity index (χ1n) is 8.78. The lowest BCUT2D eigenvalue weighted by atomic mass is 10.2. The van der Waals surface area contributed by atoms with Crippen molar-refractivity contribution in [3.8, 4) is 17.2 Å². The highest BCUT2D eigenvalue weighted by molar-refractivity contribution is 6.32. The minimum absolute atomic E-state index is 0.0897. The quantitative estimate of drug-likeness (QED) is 0.695. The van der Waals surface area contributed by atoms with Crippen LogP contribution in [0.4, 0.5) is 0 Å². The van der Waals surface area contributed by atoms with Gasteiger partial charge in [0.15, 0.2) is 11.5 Å². The van der Waals surface area contributed by atoms with Gasteiger partial charge < -0.3 is 23.7 Å².